The molecule has 3 rings (SSSR count). The Balaban J connectivity index is 1.67. The van der Waals surface area contributed by atoms with Crippen LogP contribution in [0.4, 0.5) is 17.1 Å². The third kappa shape index (κ3) is 3.31. The third-order valence-corrected chi connectivity index (χ3v) is 4.80. The van der Waals surface area contributed by atoms with Crippen molar-refractivity contribution in [2.75, 3.05) is 22.9 Å². The average Bonchev–Trinajstić information content (AvgIpc) is 2.45. The van der Waals surface area contributed by atoms with Gasteiger partial charge < -0.3 is 16.4 Å². The fourth-order valence-corrected chi connectivity index (χ4v) is 3.60. The van der Waals surface area contributed by atoms with Gasteiger partial charge in [-0.25, -0.2) is 0 Å². The molecule has 4 N–H and O–H groups in total. The van der Waals surface area contributed by atoms with E-state index >= 15 is 0 Å². The first kappa shape index (κ1) is 14.2. The first-order valence-corrected chi connectivity index (χ1v) is 8.08. The normalized spacial score (nSPS) is 25.1. The van der Waals surface area contributed by atoms with E-state index < -0.39 is 0 Å². The smallest absolute Gasteiger partial charge is 0.224 e. The van der Waals surface area contributed by atoms with Crippen molar-refractivity contribution in [3.8, 4) is 0 Å². The molecule has 1 saturated carbocycles. The lowest BCUT2D eigenvalue weighted by atomic mass is 9.82. The Kier molecular flexibility index (Phi) is 4.04. The number of fused-ring (bicyclic) bond motifs is 1. The maximum Gasteiger partial charge on any atom is 0.224 e. The van der Waals surface area contributed by atoms with Crippen LogP contribution in [0.5, 0.6) is 0 Å². The monoisotopic (exact) mass is 287 g/mol. The predicted molar refractivity (Wildman–Crippen MR) is 87.4 cm³/mol. The third-order valence-electron chi connectivity index (χ3n) is 4.80. The van der Waals surface area contributed by atoms with E-state index in [-0.39, 0.29) is 5.91 Å². The predicted octanol–water partition coefficient (Wildman–Crippen LogP) is 3.39. The number of nitrogens with one attached hydrogen (secondary N) is 2. The fourth-order valence-electron chi connectivity index (χ4n) is 3.60. The second-order valence-corrected chi connectivity index (χ2v) is 6.66. The zero-order valence-electron chi connectivity index (χ0n) is 12.7. The minimum absolute atomic E-state index is 0.0822. The van der Waals surface area contributed by atoms with Gasteiger partial charge in [0.1, 0.15) is 0 Å². The molecule has 1 heterocycles. The number of benzene rings is 1. The van der Waals surface area contributed by atoms with Crippen molar-refractivity contribution in [3.63, 3.8) is 0 Å². The van der Waals surface area contributed by atoms with E-state index in [0.717, 1.165) is 41.9 Å². The Morgan fingerprint density at radius 1 is 1.33 bits per heavy atom. The number of nitrogen functional groups attached to an aromatic ring is 1. The standard InChI is InChI=1S/C17H25N3O/c1-11-3-2-4-12(7-11)10-19-16-8-13-5-6-17(21)20-15(13)9-14(16)18/h8-9,11-12,19H,2-7,10,18H2,1H3,(H,20,21). The topological polar surface area (TPSA) is 67.2 Å². The van der Waals surface area contributed by atoms with E-state index in [0.29, 0.717) is 6.42 Å². The molecule has 114 valence electrons. The number of aryl methyl sites for hydroxylation is 1. The number of anilines is 3. The summed E-state index contributed by atoms with van der Waals surface area (Å²) in [5, 5.41) is 6.42. The molecule has 0 spiro atoms. The Bertz CT molecular complexity index is 541. The van der Waals surface area contributed by atoms with Crippen LogP contribution in [0.25, 0.3) is 0 Å². The average molecular weight is 287 g/mol. The summed E-state index contributed by atoms with van der Waals surface area (Å²) >= 11 is 0. The molecule has 1 aliphatic heterocycles. The minimum atomic E-state index is 0.0822. The van der Waals surface area contributed by atoms with Crippen LogP contribution >= 0.6 is 0 Å². The van der Waals surface area contributed by atoms with Crippen LogP contribution < -0.4 is 16.4 Å². The van der Waals surface area contributed by atoms with Crippen molar-refractivity contribution in [2.45, 2.75) is 45.4 Å². The number of nitrogens with two attached hydrogens (primary N) is 1. The molecular weight excluding hydrogens is 262 g/mol. The van der Waals surface area contributed by atoms with Crippen LogP contribution in [0.3, 0.4) is 0 Å². The molecule has 2 aliphatic rings. The summed E-state index contributed by atoms with van der Waals surface area (Å²) < 4.78 is 0. The van der Waals surface area contributed by atoms with Crippen molar-refractivity contribution < 1.29 is 4.79 Å². The summed E-state index contributed by atoms with van der Waals surface area (Å²) in [6.45, 7) is 3.35. The molecule has 0 aromatic heterocycles. The van der Waals surface area contributed by atoms with Gasteiger partial charge in [-0.05, 0) is 48.8 Å². The highest BCUT2D eigenvalue weighted by Crippen LogP contribution is 2.33. The molecule has 0 bridgehead atoms. The van der Waals surface area contributed by atoms with Crippen LogP contribution in [0, 0.1) is 11.8 Å². The van der Waals surface area contributed by atoms with Crippen molar-refractivity contribution in [1.29, 1.82) is 0 Å². The van der Waals surface area contributed by atoms with Crippen LogP contribution in [0.2, 0.25) is 0 Å². The lowest BCUT2D eigenvalue weighted by Crippen LogP contribution is -2.22. The number of amides is 1. The fraction of sp³-hybridized carbons (Fsp3) is 0.588. The lowest BCUT2D eigenvalue weighted by Gasteiger charge is -2.27. The molecule has 4 nitrogen and oxygen atoms in total. The molecule has 1 aromatic carbocycles. The molecule has 1 fully saturated rings. The van der Waals surface area contributed by atoms with E-state index in [2.05, 4.69) is 23.6 Å². The van der Waals surface area contributed by atoms with Crippen molar-refractivity contribution in [2.24, 2.45) is 11.8 Å². The zero-order chi connectivity index (χ0) is 14.8. The molecule has 2 unspecified atom stereocenters. The van der Waals surface area contributed by atoms with Crippen molar-refractivity contribution in [1.82, 2.24) is 0 Å². The van der Waals surface area contributed by atoms with E-state index in [4.69, 9.17) is 5.73 Å². The van der Waals surface area contributed by atoms with E-state index in [1.807, 2.05) is 6.07 Å². The Labute approximate surface area is 126 Å². The van der Waals surface area contributed by atoms with Gasteiger partial charge >= 0.3 is 0 Å². The summed E-state index contributed by atoms with van der Waals surface area (Å²) in [5.74, 6) is 1.68. The highest BCUT2D eigenvalue weighted by molar-refractivity contribution is 5.95. The molecule has 1 aliphatic carbocycles. The second-order valence-electron chi connectivity index (χ2n) is 6.66. The lowest BCUT2D eigenvalue weighted by molar-refractivity contribution is -0.116. The van der Waals surface area contributed by atoms with Crippen LogP contribution in [0.1, 0.15) is 44.6 Å². The quantitative estimate of drug-likeness (QED) is 0.746. The largest absolute Gasteiger partial charge is 0.397 e. The van der Waals surface area contributed by atoms with Crippen molar-refractivity contribution >= 4 is 23.0 Å². The SMILES string of the molecule is CC1CCCC(CNc2cc3c(cc2N)NC(=O)CC3)C1. The highest BCUT2D eigenvalue weighted by Gasteiger charge is 2.20. The van der Waals surface area contributed by atoms with Crippen molar-refractivity contribution in [3.05, 3.63) is 17.7 Å². The second kappa shape index (κ2) is 5.96. The van der Waals surface area contributed by atoms with Gasteiger partial charge in [0.2, 0.25) is 5.91 Å². The number of hydrogen-bond acceptors (Lipinski definition) is 3. The minimum Gasteiger partial charge on any atom is -0.397 e. The number of hydrogen-bond donors (Lipinski definition) is 3. The van der Waals surface area contributed by atoms with E-state index in [1.165, 1.54) is 31.2 Å². The van der Waals surface area contributed by atoms with E-state index in [9.17, 15) is 4.79 Å². The van der Waals surface area contributed by atoms with E-state index in [1.54, 1.807) is 0 Å². The molecule has 0 saturated heterocycles. The van der Waals surface area contributed by atoms with Gasteiger partial charge in [0.25, 0.3) is 0 Å². The maximum atomic E-state index is 11.4. The Morgan fingerprint density at radius 2 is 2.19 bits per heavy atom. The molecule has 4 heteroatoms. The van der Waals surface area contributed by atoms with Gasteiger partial charge in [-0.1, -0.05) is 19.8 Å². The molecule has 1 amide bonds. The summed E-state index contributed by atoms with van der Waals surface area (Å²) in [7, 11) is 0. The van der Waals surface area contributed by atoms with Gasteiger partial charge in [-0.2, -0.15) is 0 Å². The maximum absolute atomic E-state index is 11.4. The summed E-state index contributed by atoms with van der Waals surface area (Å²) in [6.07, 6.45) is 6.72. The van der Waals surface area contributed by atoms with Crippen LogP contribution in [-0.2, 0) is 11.2 Å². The molecule has 2 atom stereocenters. The van der Waals surface area contributed by atoms with Gasteiger partial charge in [0, 0.05) is 18.7 Å². The summed E-state index contributed by atoms with van der Waals surface area (Å²) in [5.41, 5.74) is 9.92. The zero-order valence-corrected chi connectivity index (χ0v) is 12.7. The van der Waals surface area contributed by atoms with Gasteiger partial charge in [0.05, 0.1) is 11.4 Å². The number of carbonyl (C=O) groups excluding carboxylic acids is 1. The first-order chi connectivity index (χ1) is 10.1. The van der Waals surface area contributed by atoms with Gasteiger partial charge in [0.15, 0.2) is 0 Å². The number of rotatable bonds is 3. The Morgan fingerprint density at radius 3 is 3.00 bits per heavy atom. The first-order valence-electron chi connectivity index (χ1n) is 8.08. The molecule has 1 aromatic rings. The molecule has 0 radical (unpaired) electrons. The summed E-state index contributed by atoms with van der Waals surface area (Å²) in [6, 6.07) is 3.99. The number of carbonyl (C=O) groups is 1. The molecule has 21 heavy (non-hydrogen) atoms. The summed E-state index contributed by atoms with van der Waals surface area (Å²) in [4.78, 5) is 11.4. The van der Waals surface area contributed by atoms with Crippen LogP contribution in [0.15, 0.2) is 12.1 Å². The Hall–Kier alpha value is -1.71. The van der Waals surface area contributed by atoms with Crippen LogP contribution in [-0.4, -0.2) is 12.5 Å². The highest BCUT2D eigenvalue weighted by atomic mass is 16.1. The van der Waals surface area contributed by atoms with Gasteiger partial charge in [-0.3, -0.25) is 4.79 Å². The molecular formula is C17H25N3O. The van der Waals surface area contributed by atoms with Gasteiger partial charge in [-0.15, -0.1) is 0 Å².